The zero-order valence-corrected chi connectivity index (χ0v) is 19.7. The molecule has 0 unspecified atom stereocenters. The summed E-state index contributed by atoms with van der Waals surface area (Å²) >= 11 is 0. The van der Waals surface area contributed by atoms with E-state index in [0.717, 1.165) is 29.8 Å². The summed E-state index contributed by atoms with van der Waals surface area (Å²) < 4.78 is 51.8. The van der Waals surface area contributed by atoms with Crippen LogP contribution >= 0.6 is 0 Å². The molecular weight excluding hydrogens is 428 g/mol. The highest BCUT2D eigenvalue weighted by atomic mass is 32.2. The highest BCUT2D eigenvalue weighted by Gasteiger charge is 2.27. The molecule has 0 spiro atoms. The van der Waals surface area contributed by atoms with Crippen molar-refractivity contribution in [2.45, 2.75) is 38.0 Å². The molecule has 1 aliphatic heterocycles. The van der Waals surface area contributed by atoms with Crippen molar-refractivity contribution >= 4 is 37.3 Å². The Morgan fingerprint density at radius 3 is 2.20 bits per heavy atom. The first kappa shape index (κ1) is 24.6. The topological polar surface area (TPSA) is 107 Å². The van der Waals surface area contributed by atoms with Crippen LogP contribution in [0.15, 0.2) is 23.1 Å². The molecule has 11 heteroatoms. The summed E-state index contributed by atoms with van der Waals surface area (Å²) in [6, 6.07) is 4.73. The smallest absolute Gasteiger partial charge is 0.243 e. The monoisotopic (exact) mass is 460 g/mol. The van der Waals surface area contributed by atoms with Crippen LogP contribution < -0.4 is 10.2 Å². The van der Waals surface area contributed by atoms with Gasteiger partial charge in [-0.3, -0.25) is 4.79 Å². The Balaban J connectivity index is 2.39. The van der Waals surface area contributed by atoms with Gasteiger partial charge in [0.2, 0.25) is 26.0 Å². The second-order valence-electron chi connectivity index (χ2n) is 7.38. The number of likely N-dealkylation sites (N-methyl/N-ethyl adjacent to an activating group) is 1. The van der Waals surface area contributed by atoms with Crippen molar-refractivity contribution in [1.29, 1.82) is 0 Å². The van der Waals surface area contributed by atoms with Crippen molar-refractivity contribution in [3.05, 3.63) is 18.2 Å². The molecule has 30 heavy (non-hydrogen) atoms. The van der Waals surface area contributed by atoms with E-state index >= 15 is 0 Å². The largest absolute Gasteiger partial charge is 0.370 e. The Labute approximate surface area is 180 Å². The zero-order valence-electron chi connectivity index (χ0n) is 18.1. The highest BCUT2D eigenvalue weighted by Crippen LogP contribution is 2.31. The van der Waals surface area contributed by atoms with E-state index in [9.17, 15) is 21.6 Å². The van der Waals surface area contributed by atoms with Gasteiger partial charge in [-0.15, -0.1) is 0 Å². The molecule has 1 heterocycles. The Bertz CT molecular complexity index is 953. The third kappa shape index (κ3) is 5.93. The van der Waals surface area contributed by atoms with E-state index in [1.54, 1.807) is 12.1 Å². The number of sulfonamides is 2. The number of rotatable bonds is 9. The lowest BCUT2D eigenvalue weighted by molar-refractivity contribution is -0.116. The van der Waals surface area contributed by atoms with Gasteiger partial charge in [0.05, 0.1) is 29.1 Å². The molecule has 0 radical (unpaired) electrons. The lowest BCUT2D eigenvalue weighted by Crippen LogP contribution is -2.36. The van der Waals surface area contributed by atoms with Crippen molar-refractivity contribution in [2.24, 2.45) is 0 Å². The molecule has 0 bridgehead atoms. The predicted octanol–water partition coefficient (Wildman–Crippen LogP) is 1.54. The van der Waals surface area contributed by atoms with E-state index in [4.69, 9.17) is 0 Å². The third-order valence-corrected chi connectivity index (χ3v) is 8.39. The number of hydrogen-bond acceptors (Lipinski definition) is 6. The van der Waals surface area contributed by atoms with Crippen LogP contribution in [0.4, 0.5) is 11.4 Å². The molecule has 1 fully saturated rings. The fourth-order valence-corrected chi connectivity index (χ4v) is 5.27. The SMILES string of the molecule is CCN(CC)c1ccc(S(=O)(=O)N2CCCCC2)cc1NC(=O)CN(C)S(C)(=O)=O. The summed E-state index contributed by atoms with van der Waals surface area (Å²) in [6.07, 6.45) is 3.70. The minimum absolute atomic E-state index is 0.118. The third-order valence-electron chi connectivity index (χ3n) is 5.23. The van der Waals surface area contributed by atoms with Crippen LogP contribution in [0.3, 0.4) is 0 Å². The number of anilines is 2. The molecular formula is C19H32N4O5S2. The first-order chi connectivity index (χ1) is 14.0. The molecule has 0 saturated carbocycles. The molecule has 1 saturated heterocycles. The Morgan fingerprint density at radius 2 is 1.67 bits per heavy atom. The Morgan fingerprint density at radius 1 is 1.07 bits per heavy atom. The number of nitrogens with zero attached hydrogens (tertiary/aromatic N) is 3. The summed E-state index contributed by atoms with van der Waals surface area (Å²) in [5.41, 5.74) is 1.04. The minimum Gasteiger partial charge on any atom is -0.370 e. The molecule has 1 aromatic carbocycles. The maximum Gasteiger partial charge on any atom is 0.243 e. The molecule has 9 nitrogen and oxygen atoms in total. The van der Waals surface area contributed by atoms with Gasteiger partial charge in [-0.2, -0.15) is 8.61 Å². The number of amides is 1. The van der Waals surface area contributed by atoms with E-state index in [1.165, 1.54) is 17.4 Å². The number of carbonyl (C=O) groups excluding carboxylic acids is 1. The summed E-state index contributed by atoms with van der Waals surface area (Å²) in [5, 5.41) is 2.71. The Kier molecular flexibility index (Phi) is 8.26. The second kappa shape index (κ2) is 10.1. The fraction of sp³-hybridized carbons (Fsp3) is 0.632. The van der Waals surface area contributed by atoms with Crippen LogP contribution in [0.1, 0.15) is 33.1 Å². The minimum atomic E-state index is -3.67. The quantitative estimate of drug-likeness (QED) is 0.599. The molecule has 0 atom stereocenters. The molecule has 1 aliphatic rings. The fourth-order valence-electron chi connectivity index (χ4n) is 3.38. The average molecular weight is 461 g/mol. The average Bonchev–Trinajstić information content (AvgIpc) is 2.69. The van der Waals surface area contributed by atoms with Crippen LogP contribution in [0.5, 0.6) is 0 Å². The van der Waals surface area contributed by atoms with Crippen molar-refractivity contribution in [3.8, 4) is 0 Å². The van der Waals surface area contributed by atoms with Gasteiger partial charge in [0, 0.05) is 33.2 Å². The van der Waals surface area contributed by atoms with Gasteiger partial charge in [0.25, 0.3) is 0 Å². The zero-order chi connectivity index (χ0) is 22.5. The van der Waals surface area contributed by atoms with E-state index in [2.05, 4.69) is 5.32 Å². The number of benzene rings is 1. The van der Waals surface area contributed by atoms with E-state index in [1.807, 2.05) is 18.7 Å². The number of piperidine rings is 1. The van der Waals surface area contributed by atoms with Crippen molar-refractivity contribution in [1.82, 2.24) is 8.61 Å². The van der Waals surface area contributed by atoms with Crippen LogP contribution in [0.2, 0.25) is 0 Å². The van der Waals surface area contributed by atoms with Gasteiger partial charge in [0.15, 0.2) is 0 Å². The van der Waals surface area contributed by atoms with Gasteiger partial charge >= 0.3 is 0 Å². The second-order valence-corrected chi connectivity index (χ2v) is 11.4. The first-order valence-electron chi connectivity index (χ1n) is 10.1. The summed E-state index contributed by atoms with van der Waals surface area (Å²) in [5.74, 6) is -0.538. The van der Waals surface area contributed by atoms with Crippen molar-refractivity contribution in [3.63, 3.8) is 0 Å². The van der Waals surface area contributed by atoms with Crippen molar-refractivity contribution in [2.75, 3.05) is 56.2 Å². The Hall–Kier alpha value is -1.69. The molecule has 0 aromatic heterocycles. The van der Waals surface area contributed by atoms with Crippen LogP contribution in [-0.2, 0) is 24.8 Å². The van der Waals surface area contributed by atoms with Crippen LogP contribution in [0.25, 0.3) is 0 Å². The maximum atomic E-state index is 13.1. The highest BCUT2D eigenvalue weighted by molar-refractivity contribution is 7.89. The molecule has 1 N–H and O–H groups in total. The van der Waals surface area contributed by atoms with E-state index in [0.29, 0.717) is 37.6 Å². The van der Waals surface area contributed by atoms with Crippen LogP contribution in [0, 0.1) is 0 Å². The normalized spacial score (nSPS) is 15.9. The molecule has 0 aliphatic carbocycles. The molecule has 2 rings (SSSR count). The summed E-state index contributed by atoms with van der Waals surface area (Å²) in [6.45, 7) is 5.87. The number of carbonyl (C=O) groups is 1. The number of hydrogen-bond donors (Lipinski definition) is 1. The van der Waals surface area contributed by atoms with Crippen molar-refractivity contribution < 1.29 is 21.6 Å². The van der Waals surface area contributed by atoms with Crippen LogP contribution in [-0.4, -0.2) is 77.4 Å². The molecule has 1 aromatic rings. The standard InChI is InChI=1S/C19H32N4O5S2/c1-5-22(6-2)18-11-10-16(30(27,28)23-12-8-7-9-13-23)14-17(18)20-19(24)15-21(3)29(4,25)26/h10-11,14H,5-9,12-13,15H2,1-4H3,(H,20,24). The van der Waals surface area contributed by atoms with E-state index in [-0.39, 0.29) is 11.4 Å². The van der Waals surface area contributed by atoms with E-state index < -0.39 is 26.0 Å². The molecule has 1 amide bonds. The predicted molar refractivity (Wildman–Crippen MR) is 119 cm³/mol. The number of nitrogens with one attached hydrogen (secondary N) is 1. The van der Waals surface area contributed by atoms with Gasteiger partial charge in [-0.05, 0) is 44.9 Å². The van der Waals surface area contributed by atoms with Gasteiger partial charge in [-0.25, -0.2) is 16.8 Å². The molecule has 170 valence electrons. The lowest BCUT2D eigenvalue weighted by Gasteiger charge is -2.28. The maximum absolute atomic E-state index is 13.1. The first-order valence-corrected chi connectivity index (χ1v) is 13.4. The van der Waals surface area contributed by atoms with Gasteiger partial charge in [0.1, 0.15) is 0 Å². The van der Waals surface area contributed by atoms with Gasteiger partial charge < -0.3 is 10.2 Å². The lowest BCUT2D eigenvalue weighted by atomic mass is 10.2. The summed E-state index contributed by atoms with van der Waals surface area (Å²) in [7, 11) is -5.86. The van der Waals surface area contributed by atoms with Gasteiger partial charge in [-0.1, -0.05) is 6.42 Å². The summed E-state index contributed by atoms with van der Waals surface area (Å²) in [4.78, 5) is 14.6.